The molecule has 3 aromatic heterocycles. The van der Waals surface area contributed by atoms with Gasteiger partial charge < -0.3 is 9.15 Å². The smallest absolute Gasteiger partial charge is 0.417 e. The summed E-state index contributed by atoms with van der Waals surface area (Å²) in [7, 11) is 0. The Kier molecular flexibility index (Phi) is 5.55. The van der Waals surface area contributed by atoms with Gasteiger partial charge >= 0.3 is 6.18 Å². The number of halogens is 3. The zero-order valence-corrected chi connectivity index (χ0v) is 19.2. The minimum absolute atomic E-state index is 0.0607. The van der Waals surface area contributed by atoms with Crippen molar-refractivity contribution in [3.8, 4) is 23.0 Å². The van der Waals surface area contributed by atoms with E-state index in [9.17, 15) is 13.2 Å². The quantitative estimate of drug-likeness (QED) is 0.285. The second-order valence-electron chi connectivity index (χ2n) is 8.21. The van der Waals surface area contributed by atoms with Crippen LogP contribution in [0.25, 0.3) is 28.2 Å². The third kappa shape index (κ3) is 4.37. The Balaban J connectivity index is 1.54. The van der Waals surface area contributed by atoms with Crippen LogP contribution in [-0.4, -0.2) is 19.7 Å². The van der Waals surface area contributed by atoms with Gasteiger partial charge in [0.15, 0.2) is 5.65 Å². The lowest BCUT2D eigenvalue weighted by molar-refractivity contribution is -0.136. The minimum Gasteiger partial charge on any atom is -0.471 e. The first-order valence-electron chi connectivity index (χ1n) is 10.9. The molecule has 5 aromatic rings. The van der Waals surface area contributed by atoms with Crippen LogP contribution in [0.2, 0.25) is 0 Å². The zero-order chi connectivity index (χ0) is 24.7. The number of fused-ring (bicyclic) bond motifs is 1. The molecule has 0 N–H and O–H groups in total. The first kappa shape index (κ1) is 22.6. The molecule has 0 bridgehead atoms. The SMILES string of the molecule is Cc1ccc(-n2nc(C)c3c(C(F)(F)F)cc(OCc4nc(-c5ccccc5)oc4C)nc32)cc1. The van der Waals surface area contributed by atoms with Crippen molar-refractivity contribution in [3.05, 3.63) is 88.9 Å². The zero-order valence-electron chi connectivity index (χ0n) is 19.2. The van der Waals surface area contributed by atoms with Gasteiger partial charge in [0.1, 0.15) is 18.1 Å². The van der Waals surface area contributed by atoms with Crippen molar-refractivity contribution in [2.24, 2.45) is 0 Å². The van der Waals surface area contributed by atoms with Crippen molar-refractivity contribution < 1.29 is 22.3 Å². The van der Waals surface area contributed by atoms with Crippen molar-refractivity contribution in [1.29, 1.82) is 0 Å². The third-order valence-corrected chi connectivity index (χ3v) is 5.64. The van der Waals surface area contributed by atoms with Crippen LogP contribution in [0.5, 0.6) is 5.88 Å². The summed E-state index contributed by atoms with van der Waals surface area (Å²) in [5.41, 5.74) is 2.33. The van der Waals surface area contributed by atoms with Crippen molar-refractivity contribution in [1.82, 2.24) is 19.7 Å². The maximum Gasteiger partial charge on any atom is 0.417 e. The second-order valence-corrected chi connectivity index (χ2v) is 8.21. The first-order chi connectivity index (χ1) is 16.7. The summed E-state index contributed by atoms with van der Waals surface area (Å²) in [6, 6.07) is 17.5. The van der Waals surface area contributed by atoms with Crippen molar-refractivity contribution >= 4 is 11.0 Å². The normalized spacial score (nSPS) is 11.8. The number of rotatable bonds is 5. The van der Waals surface area contributed by atoms with Gasteiger partial charge in [-0.15, -0.1) is 0 Å². The largest absolute Gasteiger partial charge is 0.471 e. The summed E-state index contributed by atoms with van der Waals surface area (Å²) >= 11 is 0. The maximum absolute atomic E-state index is 14.0. The average molecular weight is 478 g/mol. The van der Waals surface area contributed by atoms with Crippen molar-refractivity contribution in [2.75, 3.05) is 0 Å². The van der Waals surface area contributed by atoms with Gasteiger partial charge in [-0.1, -0.05) is 35.9 Å². The van der Waals surface area contributed by atoms with Crippen LogP contribution in [0, 0.1) is 20.8 Å². The standard InChI is InChI=1S/C26H21F3N4O2/c1-15-9-11-19(12-10-15)33-24-23(16(2)32-33)20(26(27,28)29)13-22(31-24)34-14-21-17(3)35-25(30-21)18-7-5-4-6-8-18/h4-13H,14H2,1-3H3. The average Bonchev–Trinajstić information content (AvgIpc) is 3.37. The molecule has 9 heteroatoms. The summed E-state index contributed by atoms with van der Waals surface area (Å²) in [4.78, 5) is 8.85. The summed E-state index contributed by atoms with van der Waals surface area (Å²) in [6.45, 7) is 5.09. The maximum atomic E-state index is 14.0. The molecule has 35 heavy (non-hydrogen) atoms. The van der Waals surface area contributed by atoms with Crippen LogP contribution in [0.15, 0.2) is 65.1 Å². The molecule has 0 atom stereocenters. The fourth-order valence-electron chi connectivity index (χ4n) is 3.84. The number of oxazole rings is 1. The molecule has 0 fully saturated rings. The van der Waals surface area contributed by atoms with E-state index in [0.717, 1.165) is 17.2 Å². The molecule has 5 rings (SSSR count). The van der Waals surface area contributed by atoms with E-state index < -0.39 is 11.7 Å². The van der Waals surface area contributed by atoms with Gasteiger partial charge in [0, 0.05) is 11.6 Å². The highest BCUT2D eigenvalue weighted by molar-refractivity contribution is 5.84. The van der Waals surface area contributed by atoms with Gasteiger partial charge in [-0.25, -0.2) is 9.67 Å². The number of pyridine rings is 1. The number of alkyl halides is 3. The summed E-state index contributed by atoms with van der Waals surface area (Å²) in [5, 5.41) is 4.28. The molecular formula is C26H21F3N4O2. The van der Waals surface area contributed by atoms with Crippen LogP contribution >= 0.6 is 0 Å². The van der Waals surface area contributed by atoms with Gasteiger partial charge in [-0.2, -0.15) is 23.3 Å². The molecule has 0 unspecified atom stereocenters. The molecule has 3 heterocycles. The molecule has 0 saturated heterocycles. The van der Waals surface area contributed by atoms with Crippen LogP contribution in [-0.2, 0) is 12.8 Å². The summed E-state index contributed by atoms with van der Waals surface area (Å²) in [5.74, 6) is 0.748. The lowest BCUT2D eigenvalue weighted by Crippen LogP contribution is -2.09. The predicted octanol–water partition coefficient (Wildman–Crippen LogP) is 6.60. The Morgan fingerprint density at radius 1 is 0.943 bits per heavy atom. The number of ether oxygens (including phenoxy) is 1. The molecule has 0 saturated carbocycles. The molecule has 0 spiro atoms. The fraction of sp³-hybridized carbons (Fsp3) is 0.192. The van der Waals surface area contributed by atoms with E-state index in [1.54, 1.807) is 19.1 Å². The molecular weight excluding hydrogens is 457 g/mol. The Hall–Kier alpha value is -4.14. The Morgan fingerprint density at radius 3 is 2.34 bits per heavy atom. The van der Waals surface area contributed by atoms with E-state index in [1.807, 2.05) is 49.4 Å². The highest BCUT2D eigenvalue weighted by atomic mass is 19.4. The highest BCUT2D eigenvalue weighted by Gasteiger charge is 2.36. The van der Waals surface area contributed by atoms with Gasteiger partial charge in [-0.3, -0.25) is 0 Å². The molecule has 6 nitrogen and oxygen atoms in total. The number of hydrogen-bond donors (Lipinski definition) is 0. The van der Waals surface area contributed by atoms with Crippen LogP contribution in [0.4, 0.5) is 13.2 Å². The summed E-state index contributed by atoms with van der Waals surface area (Å²) in [6.07, 6.45) is -4.62. The van der Waals surface area contributed by atoms with E-state index in [1.165, 1.54) is 11.6 Å². The van der Waals surface area contributed by atoms with E-state index in [2.05, 4.69) is 15.1 Å². The number of aryl methyl sites for hydroxylation is 3. The van der Waals surface area contributed by atoms with Crippen molar-refractivity contribution in [3.63, 3.8) is 0 Å². The molecule has 0 aliphatic rings. The number of hydrogen-bond acceptors (Lipinski definition) is 5. The number of benzene rings is 2. The van der Waals surface area contributed by atoms with Gasteiger partial charge in [0.2, 0.25) is 11.8 Å². The van der Waals surface area contributed by atoms with Crippen LogP contribution < -0.4 is 4.74 Å². The predicted molar refractivity (Wildman–Crippen MR) is 124 cm³/mol. The number of nitrogens with zero attached hydrogens (tertiary/aromatic N) is 4. The van der Waals surface area contributed by atoms with Crippen LogP contribution in [0.3, 0.4) is 0 Å². The molecule has 0 amide bonds. The fourth-order valence-corrected chi connectivity index (χ4v) is 3.84. The van der Waals surface area contributed by atoms with Gasteiger partial charge in [-0.05, 0) is 45.0 Å². The van der Waals surface area contributed by atoms with E-state index in [-0.39, 0.29) is 29.2 Å². The molecule has 178 valence electrons. The number of aromatic nitrogens is 4. The molecule has 2 aromatic carbocycles. The van der Waals surface area contributed by atoms with Gasteiger partial charge in [0.25, 0.3) is 0 Å². The molecule has 0 aliphatic carbocycles. The Morgan fingerprint density at radius 2 is 1.66 bits per heavy atom. The Bertz CT molecular complexity index is 1500. The van der Waals surface area contributed by atoms with E-state index in [0.29, 0.717) is 23.0 Å². The van der Waals surface area contributed by atoms with Crippen molar-refractivity contribution in [2.45, 2.75) is 33.6 Å². The minimum atomic E-state index is -4.62. The second kappa shape index (κ2) is 8.57. The lowest BCUT2D eigenvalue weighted by atomic mass is 10.1. The lowest BCUT2D eigenvalue weighted by Gasteiger charge is -2.12. The Labute approximate surface area is 199 Å². The highest BCUT2D eigenvalue weighted by Crippen LogP contribution is 2.38. The van der Waals surface area contributed by atoms with Gasteiger partial charge in [0.05, 0.1) is 22.3 Å². The molecule has 0 aliphatic heterocycles. The topological polar surface area (TPSA) is 66.0 Å². The first-order valence-corrected chi connectivity index (χ1v) is 10.9. The molecule has 0 radical (unpaired) electrons. The van der Waals surface area contributed by atoms with E-state index in [4.69, 9.17) is 9.15 Å². The monoisotopic (exact) mass is 478 g/mol. The van der Waals surface area contributed by atoms with E-state index >= 15 is 0 Å². The van der Waals surface area contributed by atoms with Crippen LogP contribution in [0.1, 0.15) is 28.3 Å². The third-order valence-electron chi connectivity index (χ3n) is 5.64. The summed E-state index contributed by atoms with van der Waals surface area (Å²) < 4.78 is 54.9.